The average Bonchev–Trinajstić information content (AvgIpc) is 3.35. The van der Waals surface area contributed by atoms with Crippen molar-refractivity contribution in [1.82, 2.24) is 4.98 Å². The highest BCUT2D eigenvalue weighted by molar-refractivity contribution is 8.00. The van der Waals surface area contributed by atoms with Crippen LogP contribution in [-0.4, -0.2) is 38.3 Å². The SMILES string of the molecule is COC(=O)[C@@H]1[C@H](C(=O)OC)[C@@]2(c3ccc(OC)cc3)O[C@]1(Sc1ccccc1)c1cc(Cl)nc(Cl)c12. The molecule has 2 bridgehead atoms. The maximum atomic E-state index is 13.5. The van der Waals surface area contributed by atoms with Crippen molar-refractivity contribution in [3.63, 3.8) is 0 Å². The zero-order chi connectivity index (χ0) is 25.7. The van der Waals surface area contributed by atoms with Crippen LogP contribution in [0.15, 0.2) is 65.6 Å². The molecule has 4 atom stereocenters. The number of nitrogens with zero attached hydrogens (tertiary/aromatic N) is 1. The number of aromatic nitrogens is 1. The van der Waals surface area contributed by atoms with Gasteiger partial charge in [-0.05, 0) is 35.9 Å². The van der Waals surface area contributed by atoms with E-state index in [1.54, 1.807) is 37.4 Å². The number of pyridine rings is 1. The second kappa shape index (κ2) is 9.27. The molecule has 36 heavy (non-hydrogen) atoms. The molecule has 0 unspecified atom stereocenters. The number of carbonyl (C=O) groups is 2. The number of fused-ring (bicyclic) bond motifs is 5. The third-order valence-corrected chi connectivity index (χ3v) is 8.46. The zero-order valence-corrected chi connectivity index (χ0v) is 21.8. The predicted molar refractivity (Wildman–Crippen MR) is 134 cm³/mol. The number of rotatable bonds is 6. The maximum Gasteiger partial charge on any atom is 0.313 e. The number of esters is 2. The first-order valence-corrected chi connectivity index (χ1v) is 12.5. The Kier molecular flexibility index (Phi) is 6.41. The van der Waals surface area contributed by atoms with Crippen LogP contribution in [0.5, 0.6) is 5.75 Å². The van der Waals surface area contributed by atoms with Gasteiger partial charge in [-0.25, -0.2) is 4.98 Å². The molecular formula is C26H21Cl2NO6S. The van der Waals surface area contributed by atoms with Gasteiger partial charge in [0, 0.05) is 16.0 Å². The number of halogens is 2. The maximum absolute atomic E-state index is 13.5. The van der Waals surface area contributed by atoms with E-state index in [0.717, 1.165) is 4.90 Å². The molecule has 0 aliphatic carbocycles. The minimum atomic E-state index is -1.51. The molecule has 0 saturated carbocycles. The molecule has 186 valence electrons. The summed E-state index contributed by atoms with van der Waals surface area (Å²) in [5, 5.41) is 0.201. The van der Waals surface area contributed by atoms with Gasteiger partial charge in [-0.15, -0.1) is 0 Å². The Morgan fingerprint density at radius 1 is 0.944 bits per heavy atom. The van der Waals surface area contributed by atoms with Crippen LogP contribution >= 0.6 is 35.0 Å². The minimum absolute atomic E-state index is 0.0704. The summed E-state index contributed by atoms with van der Waals surface area (Å²) >= 11 is 14.4. The Hall–Kier alpha value is -2.78. The minimum Gasteiger partial charge on any atom is -0.497 e. The highest BCUT2D eigenvalue weighted by Gasteiger charge is 2.76. The van der Waals surface area contributed by atoms with E-state index >= 15 is 0 Å². The Bertz CT molecular complexity index is 1340. The Morgan fingerprint density at radius 3 is 2.19 bits per heavy atom. The van der Waals surface area contributed by atoms with Gasteiger partial charge in [0.25, 0.3) is 0 Å². The van der Waals surface area contributed by atoms with E-state index in [9.17, 15) is 9.59 Å². The van der Waals surface area contributed by atoms with E-state index in [0.29, 0.717) is 22.4 Å². The molecule has 1 aromatic heterocycles. The van der Waals surface area contributed by atoms with Crippen molar-refractivity contribution in [3.05, 3.63) is 87.7 Å². The first kappa shape index (κ1) is 24.9. The van der Waals surface area contributed by atoms with E-state index < -0.39 is 34.3 Å². The third-order valence-electron chi connectivity index (χ3n) is 6.63. The number of carbonyl (C=O) groups excluding carboxylic acids is 2. The van der Waals surface area contributed by atoms with Crippen molar-refractivity contribution in [3.8, 4) is 5.75 Å². The highest BCUT2D eigenvalue weighted by atomic mass is 35.5. The molecule has 0 amide bonds. The normalized spacial score (nSPS) is 25.8. The molecule has 0 spiro atoms. The summed E-state index contributed by atoms with van der Waals surface area (Å²) in [4.78, 5) is 30.6. The molecule has 0 radical (unpaired) electrons. The molecule has 0 N–H and O–H groups in total. The number of hydrogen-bond donors (Lipinski definition) is 0. The van der Waals surface area contributed by atoms with Crippen LogP contribution in [0.2, 0.25) is 10.3 Å². The van der Waals surface area contributed by atoms with Gasteiger partial charge >= 0.3 is 11.9 Å². The van der Waals surface area contributed by atoms with Gasteiger partial charge in [-0.3, -0.25) is 9.59 Å². The fourth-order valence-electron chi connectivity index (χ4n) is 5.23. The fraction of sp³-hybridized carbons (Fsp3) is 0.269. The molecule has 3 heterocycles. The number of benzene rings is 2. The van der Waals surface area contributed by atoms with Gasteiger partial charge in [0.05, 0.1) is 21.3 Å². The molecule has 7 nitrogen and oxygen atoms in total. The number of hydrogen-bond acceptors (Lipinski definition) is 8. The molecular weight excluding hydrogens is 525 g/mol. The average molecular weight is 546 g/mol. The fourth-order valence-corrected chi connectivity index (χ4v) is 7.25. The van der Waals surface area contributed by atoms with E-state index in [1.807, 2.05) is 30.3 Å². The van der Waals surface area contributed by atoms with Gasteiger partial charge in [0.1, 0.15) is 33.5 Å². The lowest BCUT2D eigenvalue weighted by Gasteiger charge is -2.37. The summed E-state index contributed by atoms with van der Waals surface area (Å²) < 4.78 is 22.7. The van der Waals surface area contributed by atoms with Gasteiger partial charge in [0.2, 0.25) is 0 Å². The molecule has 3 aromatic rings. The van der Waals surface area contributed by atoms with Crippen molar-refractivity contribution >= 4 is 46.9 Å². The van der Waals surface area contributed by atoms with Crippen molar-refractivity contribution < 1.29 is 28.5 Å². The lowest BCUT2D eigenvalue weighted by Crippen LogP contribution is -2.47. The van der Waals surface area contributed by atoms with E-state index in [2.05, 4.69) is 4.98 Å². The predicted octanol–water partition coefficient (Wildman–Crippen LogP) is 5.21. The van der Waals surface area contributed by atoms with Gasteiger partial charge in [-0.2, -0.15) is 0 Å². The Balaban J connectivity index is 1.87. The van der Waals surface area contributed by atoms with Gasteiger partial charge in [0.15, 0.2) is 4.93 Å². The lowest BCUT2D eigenvalue weighted by atomic mass is 9.66. The molecule has 1 fully saturated rings. The Morgan fingerprint density at radius 2 is 1.58 bits per heavy atom. The van der Waals surface area contributed by atoms with Crippen LogP contribution in [0.1, 0.15) is 16.7 Å². The largest absolute Gasteiger partial charge is 0.497 e. The molecule has 2 aromatic carbocycles. The molecule has 2 aliphatic rings. The summed E-state index contributed by atoms with van der Waals surface area (Å²) in [6.07, 6.45) is 0. The summed E-state index contributed by atoms with van der Waals surface area (Å²) in [5.41, 5.74) is 0.0719. The molecule has 5 rings (SSSR count). The van der Waals surface area contributed by atoms with Crippen molar-refractivity contribution in [2.75, 3.05) is 21.3 Å². The second-order valence-corrected chi connectivity index (χ2v) is 10.3. The van der Waals surface area contributed by atoms with Crippen LogP contribution in [-0.2, 0) is 34.3 Å². The second-order valence-electron chi connectivity index (χ2n) is 8.31. The van der Waals surface area contributed by atoms with Crippen LogP contribution < -0.4 is 4.74 Å². The summed E-state index contributed by atoms with van der Waals surface area (Å²) in [7, 11) is 4.10. The van der Waals surface area contributed by atoms with Crippen LogP contribution in [0.25, 0.3) is 0 Å². The molecule has 1 saturated heterocycles. The third kappa shape index (κ3) is 3.50. The summed E-state index contributed by atoms with van der Waals surface area (Å²) in [6.45, 7) is 0. The van der Waals surface area contributed by atoms with Gasteiger partial charge in [-0.1, -0.05) is 65.3 Å². The molecule has 10 heteroatoms. The standard InChI is InChI=1S/C26H21Cl2NO6S/c1-32-15-11-9-14(10-12-15)25-19-17(13-18(27)29-22(19)28)26(35-25,36-16-7-5-4-6-8-16)21(24(31)34-3)20(25)23(30)33-2/h4-13,20-21H,1-3H3/t20-,21+,25+,26+/m1/s1. The van der Waals surface area contributed by atoms with Crippen molar-refractivity contribution in [2.45, 2.75) is 15.4 Å². The van der Waals surface area contributed by atoms with Crippen LogP contribution in [0.4, 0.5) is 0 Å². The molecule has 2 aliphatic heterocycles. The zero-order valence-electron chi connectivity index (χ0n) is 19.5. The summed E-state index contributed by atoms with van der Waals surface area (Å²) in [5.74, 6) is -2.89. The Labute approximate surface area is 222 Å². The van der Waals surface area contributed by atoms with E-state index in [1.165, 1.54) is 26.0 Å². The number of thioether (sulfide) groups is 1. The smallest absolute Gasteiger partial charge is 0.313 e. The van der Waals surface area contributed by atoms with Gasteiger partial charge < -0.3 is 18.9 Å². The highest BCUT2D eigenvalue weighted by Crippen LogP contribution is 2.72. The quantitative estimate of drug-likeness (QED) is 0.308. The van der Waals surface area contributed by atoms with Crippen LogP contribution in [0, 0.1) is 11.8 Å². The lowest BCUT2D eigenvalue weighted by molar-refractivity contribution is -0.159. The topological polar surface area (TPSA) is 84.0 Å². The van der Waals surface area contributed by atoms with Crippen molar-refractivity contribution in [1.29, 1.82) is 0 Å². The number of ether oxygens (including phenoxy) is 4. The summed E-state index contributed by atoms with van der Waals surface area (Å²) in [6, 6.07) is 18.1. The van der Waals surface area contributed by atoms with E-state index in [4.69, 9.17) is 42.1 Å². The number of methoxy groups -OCH3 is 3. The monoisotopic (exact) mass is 545 g/mol. The first-order chi connectivity index (χ1) is 17.3. The van der Waals surface area contributed by atoms with E-state index in [-0.39, 0.29) is 10.3 Å². The van der Waals surface area contributed by atoms with Crippen LogP contribution in [0.3, 0.4) is 0 Å². The van der Waals surface area contributed by atoms with Crippen molar-refractivity contribution in [2.24, 2.45) is 11.8 Å². The first-order valence-electron chi connectivity index (χ1n) is 10.9.